The second kappa shape index (κ2) is 8.37. The van der Waals surface area contributed by atoms with Gasteiger partial charge in [-0.25, -0.2) is 0 Å². The highest BCUT2D eigenvalue weighted by molar-refractivity contribution is 5.76. The van der Waals surface area contributed by atoms with Crippen molar-refractivity contribution in [3.05, 3.63) is 30.3 Å². The number of benzene rings is 1. The van der Waals surface area contributed by atoms with Crippen LogP contribution in [0.2, 0.25) is 0 Å². The van der Waals surface area contributed by atoms with Crippen LogP contribution in [0.25, 0.3) is 0 Å². The predicted octanol–water partition coefficient (Wildman–Crippen LogP) is 4.45. The predicted molar refractivity (Wildman–Crippen MR) is 95.5 cm³/mol. The van der Waals surface area contributed by atoms with Gasteiger partial charge in [-0.2, -0.15) is 0 Å². The van der Waals surface area contributed by atoms with Crippen molar-refractivity contribution in [1.82, 2.24) is 4.90 Å². The minimum atomic E-state index is 0.359. The van der Waals surface area contributed by atoms with E-state index in [1.165, 1.54) is 38.5 Å². The standard InChI is InChI=1S/C20H30N2O/c23-20(13-7-10-17-8-3-1-4-9-17)22-15-14-19(16-22)21-18-11-5-2-6-12-18/h2,5-6,11-12,17,19,21H,1,3-4,7-10,13-16H2. The van der Waals surface area contributed by atoms with E-state index >= 15 is 0 Å². The van der Waals surface area contributed by atoms with Crippen LogP contribution in [0.1, 0.15) is 57.8 Å². The molecule has 0 radical (unpaired) electrons. The van der Waals surface area contributed by atoms with Gasteiger partial charge in [0.1, 0.15) is 0 Å². The Hall–Kier alpha value is -1.51. The number of carbonyl (C=O) groups excluding carboxylic acids is 1. The summed E-state index contributed by atoms with van der Waals surface area (Å²) < 4.78 is 0. The van der Waals surface area contributed by atoms with Gasteiger partial charge in [-0.3, -0.25) is 4.79 Å². The molecule has 1 heterocycles. The van der Waals surface area contributed by atoms with Crippen LogP contribution in [0.5, 0.6) is 0 Å². The number of para-hydroxylation sites is 1. The first kappa shape index (κ1) is 16.4. The van der Waals surface area contributed by atoms with E-state index in [4.69, 9.17) is 0 Å². The first-order valence-corrected chi connectivity index (χ1v) is 9.40. The summed E-state index contributed by atoms with van der Waals surface area (Å²) in [5.41, 5.74) is 1.16. The molecule has 1 N–H and O–H groups in total. The second-order valence-corrected chi connectivity index (χ2v) is 7.23. The quantitative estimate of drug-likeness (QED) is 0.841. The van der Waals surface area contributed by atoms with E-state index in [1.807, 2.05) is 18.2 Å². The average molecular weight is 314 g/mol. The Morgan fingerprint density at radius 1 is 1.09 bits per heavy atom. The number of rotatable bonds is 6. The molecule has 0 aromatic heterocycles. The zero-order valence-electron chi connectivity index (χ0n) is 14.2. The minimum absolute atomic E-state index is 0.359. The number of amides is 1. The first-order chi connectivity index (χ1) is 11.3. The zero-order chi connectivity index (χ0) is 15.9. The van der Waals surface area contributed by atoms with Gasteiger partial charge in [-0.1, -0.05) is 50.3 Å². The third kappa shape index (κ3) is 4.98. The van der Waals surface area contributed by atoms with Crippen LogP contribution in [0.4, 0.5) is 5.69 Å². The summed E-state index contributed by atoms with van der Waals surface area (Å²) in [5, 5.41) is 3.54. The van der Waals surface area contributed by atoms with Gasteiger partial charge in [0, 0.05) is 31.2 Å². The van der Waals surface area contributed by atoms with Gasteiger partial charge >= 0.3 is 0 Å². The maximum atomic E-state index is 12.4. The van der Waals surface area contributed by atoms with Crippen LogP contribution in [0, 0.1) is 5.92 Å². The Labute approximate surface area is 140 Å². The topological polar surface area (TPSA) is 32.3 Å². The maximum absolute atomic E-state index is 12.4. The number of nitrogens with one attached hydrogen (secondary N) is 1. The number of anilines is 1. The Balaban J connectivity index is 1.35. The van der Waals surface area contributed by atoms with Crippen LogP contribution < -0.4 is 5.32 Å². The highest BCUT2D eigenvalue weighted by Crippen LogP contribution is 2.28. The number of likely N-dealkylation sites (tertiary alicyclic amines) is 1. The summed E-state index contributed by atoms with van der Waals surface area (Å²) in [6, 6.07) is 10.7. The van der Waals surface area contributed by atoms with E-state index in [-0.39, 0.29) is 0 Å². The van der Waals surface area contributed by atoms with E-state index in [0.29, 0.717) is 11.9 Å². The largest absolute Gasteiger partial charge is 0.380 e. The molecule has 3 nitrogen and oxygen atoms in total. The lowest BCUT2D eigenvalue weighted by Gasteiger charge is -2.22. The van der Waals surface area contributed by atoms with Gasteiger partial charge < -0.3 is 10.2 Å². The molecule has 126 valence electrons. The third-order valence-corrected chi connectivity index (χ3v) is 5.41. The lowest BCUT2D eigenvalue weighted by molar-refractivity contribution is -0.130. The Bertz CT molecular complexity index is 482. The molecular weight excluding hydrogens is 284 g/mol. The van der Waals surface area contributed by atoms with Crippen molar-refractivity contribution in [2.45, 2.75) is 63.8 Å². The molecule has 1 aromatic carbocycles. The number of carbonyl (C=O) groups is 1. The summed E-state index contributed by atoms with van der Waals surface area (Å²) in [6.45, 7) is 1.77. The van der Waals surface area contributed by atoms with Crippen LogP contribution in [-0.4, -0.2) is 29.9 Å². The summed E-state index contributed by atoms with van der Waals surface area (Å²) in [7, 11) is 0. The van der Waals surface area contributed by atoms with Crippen molar-refractivity contribution >= 4 is 11.6 Å². The Kier molecular flexibility index (Phi) is 5.95. The molecule has 1 amide bonds. The highest BCUT2D eigenvalue weighted by Gasteiger charge is 2.25. The van der Waals surface area contributed by atoms with Gasteiger partial charge in [-0.15, -0.1) is 0 Å². The molecule has 3 rings (SSSR count). The zero-order valence-corrected chi connectivity index (χ0v) is 14.2. The molecule has 0 bridgehead atoms. The molecule has 0 spiro atoms. The molecule has 1 saturated heterocycles. The van der Waals surface area contributed by atoms with E-state index < -0.39 is 0 Å². The molecule has 23 heavy (non-hydrogen) atoms. The van der Waals surface area contributed by atoms with Crippen molar-refractivity contribution in [2.24, 2.45) is 5.92 Å². The molecule has 1 saturated carbocycles. The molecule has 1 aliphatic carbocycles. The Morgan fingerprint density at radius 2 is 1.87 bits per heavy atom. The molecular formula is C20H30N2O. The lowest BCUT2D eigenvalue weighted by atomic mass is 9.86. The minimum Gasteiger partial charge on any atom is -0.380 e. The van der Waals surface area contributed by atoms with Gasteiger partial charge in [0.05, 0.1) is 0 Å². The van der Waals surface area contributed by atoms with Crippen LogP contribution >= 0.6 is 0 Å². The number of nitrogens with zero attached hydrogens (tertiary/aromatic N) is 1. The van der Waals surface area contributed by atoms with Crippen LogP contribution in [0.15, 0.2) is 30.3 Å². The van der Waals surface area contributed by atoms with Crippen molar-refractivity contribution in [2.75, 3.05) is 18.4 Å². The molecule has 1 aromatic rings. The molecule has 3 heteroatoms. The fourth-order valence-electron chi connectivity index (χ4n) is 4.05. The lowest BCUT2D eigenvalue weighted by Crippen LogP contribution is -2.31. The van der Waals surface area contributed by atoms with E-state index in [0.717, 1.165) is 44.0 Å². The van der Waals surface area contributed by atoms with Crippen molar-refractivity contribution in [3.8, 4) is 0 Å². The van der Waals surface area contributed by atoms with E-state index in [1.54, 1.807) is 0 Å². The molecule has 1 aliphatic heterocycles. The molecule has 2 fully saturated rings. The summed E-state index contributed by atoms with van der Waals surface area (Å²) in [4.78, 5) is 14.4. The van der Waals surface area contributed by atoms with Crippen LogP contribution in [-0.2, 0) is 4.79 Å². The number of hydrogen-bond acceptors (Lipinski definition) is 2. The summed E-state index contributed by atoms with van der Waals surface area (Å²) >= 11 is 0. The monoisotopic (exact) mass is 314 g/mol. The molecule has 1 atom stereocenters. The van der Waals surface area contributed by atoms with Crippen molar-refractivity contribution in [1.29, 1.82) is 0 Å². The van der Waals surface area contributed by atoms with Crippen LogP contribution in [0.3, 0.4) is 0 Å². The summed E-state index contributed by atoms with van der Waals surface area (Å²) in [6.07, 6.45) is 11.1. The molecule has 2 aliphatic rings. The third-order valence-electron chi connectivity index (χ3n) is 5.41. The molecule has 1 unspecified atom stereocenters. The maximum Gasteiger partial charge on any atom is 0.222 e. The van der Waals surface area contributed by atoms with Gasteiger partial charge in [0.2, 0.25) is 5.91 Å². The normalized spacial score (nSPS) is 22.3. The highest BCUT2D eigenvalue weighted by atomic mass is 16.2. The fourth-order valence-corrected chi connectivity index (χ4v) is 4.05. The first-order valence-electron chi connectivity index (χ1n) is 9.40. The van der Waals surface area contributed by atoms with Gasteiger partial charge in [0.15, 0.2) is 0 Å². The van der Waals surface area contributed by atoms with E-state index in [2.05, 4.69) is 22.3 Å². The van der Waals surface area contributed by atoms with Gasteiger partial charge in [0.25, 0.3) is 0 Å². The van der Waals surface area contributed by atoms with Crippen molar-refractivity contribution in [3.63, 3.8) is 0 Å². The second-order valence-electron chi connectivity index (χ2n) is 7.23. The SMILES string of the molecule is O=C(CCCC1CCCCC1)N1CCC(Nc2ccccc2)C1. The number of hydrogen-bond donors (Lipinski definition) is 1. The fraction of sp³-hybridized carbons (Fsp3) is 0.650. The Morgan fingerprint density at radius 3 is 2.65 bits per heavy atom. The van der Waals surface area contributed by atoms with E-state index in [9.17, 15) is 4.79 Å². The smallest absolute Gasteiger partial charge is 0.222 e. The van der Waals surface area contributed by atoms with Crippen molar-refractivity contribution < 1.29 is 4.79 Å². The average Bonchev–Trinajstić information content (AvgIpc) is 3.05. The summed E-state index contributed by atoms with van der Waals surface area (Å²) in [5.74, 6) is 1.25. The van der Waals surface area contributed by atoms with Gasteiger partial charge in [-0.05, 0) is 37.3 Å².